The molecule has 1 amide bonds. The molecule has 1 saturated heterocycles. The van der Waals surface area contributed by atoms with Gasteiger partial charge in [0, 0.05) is 17.9 Å². The number of carbonyl (C=O) groups excluding carboxylic acids is 1. The fourth-order valence-corrected chi connectivity index (χ4v) is 2.84. The topological polar surface area (TPSA) is 56.8 Å². The minimum atomic E-state index is -0.150. The Kier molecular flexibility index (Phi) is 7.11. The van der Waals surface area contributed by atoms with Crippen molar-refractivity contribution in [3.63, 3.8) is 0 Å². The average Bonchev–Trinajstić information content (AvgIpc) is 3.22. The standard InChI is InChI=1S/C22H27NO4/c1-2-3-14-25-19-10-6-17(7-11-19)22(24)23-18-8-12-20(13-9-18)27-16-21-5-4-15-26-21/h6-13,21H,2-5,14-16H2,1H3,(H,23,24)/t21-/m1/s1. The summed E-state index contributed by atoms with van der Waals surface area (Å²) in [4.78, 5) is 12.4. The molecule has 5 heteroatoms. The van der Waals surface area contributed by atoms with Crippen molar-refractivity contribution < 1.29 is 19.0 Å². The van der Waals surface area contributed by atoms with Gasteiger partial charge in [0.1, 0.15) is 18.1 Å². The fourth-order valence-electron chi connectivity index (χ4n) is 2.84. The van der Waals surface area contributed by atoms with E-state index >= 15 is 0 Å². The third-order valence-electron chi connectivity index (χ3n) is 4.46. The number of benzene rings is 2. The zero-order valence-corrected chi connectivity index (χ0v) is 15.8. The van der Waals surface area contributed by atoms with Gasteiger partial charge in [-0.1, -0.05) is 13.3 Å². The van der Waals surface area contributed by atoms with E-state index in [0.29, 0.717) is 18.8 Å². The molecule has 1 aliphatic heterocycles. The van der Waals surface area contributed by atoms with Crippen LogP contribution in [0, 0.1) is 0 Å². The van der Waals surface area contributed by atoms with Gasteiger partial charge in [-0.25, -0.2) is 0 Å². The van der Waals surface area contributed by atoms with Crippen molar-refractivity contribution in [2.24, 2.45) is 0 Å². The highest BCUT2D eigenvalue weighted by Crippen LogP contribution is 2.19. The number of unbranched alkanes of at least 4 members (excludes halogenated alkanes) is 1. The van der Waals surface area contributed by atoms with Gasteiger partial charge in [-0.05, 0) is 67.8 Å². The van der Waals surface area contributed by atoms with Crippen molar-refractivity contribution in [2.45, 2.75) is 38.7 Å². The van der Waals surface area contributed by atoms with E-state index in [1.165, 1.54) is 0 Å². The molecule has 1 N–H and O–H groups in total. The molecule has 0 saturated carbocycles. The van der Waals surface area contributed by atoms with Gasteiger partial charge in [-0.15, -0.1) is 0 Å². The largest absolute Gasteiger partial charge is 0.494 e. The van der Waals surface area contributed by atoms with Crippen LogP contribution in [0.25, 0.3) is 0 Å². The van der Waals surface area contributed by atoms with E-state index in [9.17, 15) is 4.79 Å². The Bertz CT molecular complexity index is 706. The smallest absolute Gasteiger partial charge is 0.255 e. The van der Waals surface area contributed by atoms with Crippen molar-refractivity contribution in [3.05, 3.63) is 54.1 Å². The van der Waals surface area contributed by atoms with Gasteiger partial charge in [-0.2, -0.15) is 0 Å². The third-order valence-corrected chi connectivity index (χ3v) is 4.46. The summed E-state index contributed by atoms with van der Waals surface area (Å²) in [5.74, 6) is 1.41. The van der Waals surface area contributed by atoms with E-state index in [4.69, 9.17) is 14.2 Å². The Hall–Kier alpha value is -2.53. The Morgan fingerprint density at radius 1 is 1.07 bits per heavy atom. The molecule has 0 aliphatic carbocycles. The summed E-state index contributed by atoms with van der Waals surface area (Å²) in [5.41, 5.74) is 1.32. The van der Waals surface area contributed by atoms with Crippen molar-refractivity contribution >= 4 is 11.6 Å². The van der Waals surface area contributed by atoms with Gasteiger partial charge < -0.3 is 19.5 Å². The molecule has 0 bridgehead atoms. The molecule has 0 spiro atoms. The summed E-state index contributed by atoms with van der Waals surface area (Å²) in [6, 6.07) is 14.6. The molecule has 1 atom stereocenters. The minimum Gasteiger partial charge on any atom is -0.494 e. The lowest BCUT2D eigenvalue weighted by atomic mass is 10.2. The maximum atomic E-state index is 12.4. The first-order valence-corrected chi connectivity index (χ1v) is 9.63. The highest BCUT2D eigenvalue weighted by atomic mass is 16.5. The second-order valence-corrected chi connectivity index (χ2v) is 6.65. The van der Waals surface area contributed by atoms with E-state index in [0.717, 1.165) is 49.5 Å². The van der Waals surface area contributed by atoms with Gasteiger partial charge >= 0.3 is 0 Å². The van der Waals surface area contributed by atoms with E-state index in [2.05, 4.69) is 12.2 Å². The van der Waals surface area contributed by atoms with E-state index in [1.54, 1.807) is 12.1 Å². The summed E-state index contributed by atoms with van der Waals surface area (Å²) in [6.45, 7) is 4.21. The molecule has 2 aromatic carbocycles. The van der Waals surface area contributed by atoms with Crippen molar-refractivity contribution in [3.8, 4) is 11.5 Å². The van der Waals surface area contributed by atoms with Crippen molar-refractivity contribution in [1.82, 2.24) is 0 Å². The molecule has 1 aliphatic rings. The number of carbonyl (C=O) groups is 1. The van der Waals surface area contributed by atoms with Crippen molar-refractivity contribution in [2.75, 3.05) is 25.1 Å². The van der Waals surface area contributed by atoms with Crippen LogP contribution in [-0.2, 0) is 4.74 Å². The maximum Gasteiger partial charge on any atom is 0.255 e. The Morgan fingerprint density at radius 2 is 1.78 bits per heavy atom. The molecule has 2 aromatic rings. The number of anilines is 1. The highest BCUT2D eigenvalue weighted by molar-refractivity contribution is 6.04. The van der Waals surface area contributed by atoms with Crippen LogP contribution in [0.4, 0.5) is 5.69 Å². The second-order valence-electron chi connectivity index (χ2n) is 6.65. The molecule has 1 fully saturated rings. The normalized spacial score (nSPS) is 16.1. The minimum absolute atomic E-state index is 0.150. The summed E-state index contributed by atoms with van der Waals surface area (Å²) < 4.78 is 16.9. The van der Waals surface area contributed by atoms with E-state index in [-0.39, 0.29) is 12.0 Å². The van der Waals surface area contributed by atoms with Crippen LogP contribution in [0.1, 0.15) is 43.0 Å². The van der Waals surface area contributed by atoms with Gasteiger partial charge in [0.25, 0.3) is 5.91 Å². The molecule has 0 aromatic heterocycles. The van der Waals surface area contributed by atoms with Crippen LogP contribution in [0.3, 0.4) is 0 Å². The summed E-state index contributed by atoms with van der Waals surface area (Å²) in [6.07, 6.45) is 4.47. The third kappa shape index (κ3) is 6.00. The first kappa shape index (κ1) is 19.2. The van der Waals surface area contributed by atoms with Crippen LogP contribution < -0.4 is 14.8 Å². The molecule has 3 rings (SSSR count). The molecule has 0 unspecified atom stereocenters. The Morgan fingerprint density at radius 3 is 2.44 bits per heavy atom. The predicted molar refractivity (Wildman–Crippen MR) is 106 cm³/mol. The Balaban J connectivity index is 1.48. The molecule has 27 heavy (non-hydrogen) atoms. The number of hydrogen-bond donors (Lipinski definition) is 1. The van der Waals surface area contributed by atoms with Crippen molar-refractivity contribution in [1.29, 1.82) is 0 Å². The Labute approximate surface area is 160 Å². The summed E-state index contributed by atoms with van der Waals surface area (Å²) in [5, 5.41) is 2.89. The zero-order chi connectivity index (χ0) is 18.9. The first-order chi connectivity index (χ1) is 13.2. The lowest BCUT2D eigenvalue weighted by molar-refractivity contribution is 0.0679. The van der Waals surface area contributed by atoms with Gasteiger partial charge in [-0.3, -0.25) is 4.79 Å². The van der Waals surface area contributed by atoms with Crippen LogP contribution in [0.15, 0.2) is 48.5 Å². The average molecular weight is 369 g/mol. The molecule has 0 radical (unpaired) electrons. The van der Waals surface area contributed by atoms with Gasteiger partial charge in [0.05, 0.1) is 12.7 Å². The maximum absolute atomic E-state index is 12.4. The lowest BCUT2D eigenvalue weighted by Crippen LogP contribution is -2.16. The lowest BCUT2D eigenvalue weighted by Gasteiger charge is -2.12. The monoisotopic (exact) mass is 369 g/mol. The van der Waals surface area contributed by atoms with Crippen LogP contribution in [0.2, 0.25) is 0 Å². The van der Waals surface area contributed by atoms with Gasteiger partial charge in [0.15, 0.2) is 0 Å². The van der Waals surface area contributed by atoms with E-state index < -0.39 is 0 Å². The number of rotatable bonds is 9. The number of amides is 1. The summed E-state index contributed by atoms with van der Waals surface area (Å²) in [7, 11) is 0. The first-order valence-electron chi connectivity index (χ1n) is 9.63. The zero-order valence-electron chi connectivity index (χ0n) is 15.8. The quantitative estimate of drug-likeness (QED) is 0.652. The second kappa shape index (κ2) is 9.97. The summed E-state index contributed by atoms with van der Waals surface area (Å²) >= 11 is 0. The fraction of sp³-hybridized carbons (Fsp3) is 0.409. The highest BCUT2D eigenvalue weighted by Gasteiger charge is 2.16. The van der Waals surface area contributed by atoms with Gasteiger partial charge in [0.2, 0.25) is 0 Å². The van der Waals surface area contributed by atoms with E-state index in [1.807, 2.05) is 36.4 Å². The molecule has 1 heterocycles. The SMILES string of the molecule is CCCCOc1ccc(C(=O)Nc2ccc(OC[C@H]3CCCO3)cc2)cc1. The molecular formula is C22H27NO4. The number of hydrogen-bond acceptors (Lipinski definition) is 4. The van der Waals surface area contributed by atoms with Crippen LogP contribution in [0.5, 0.6) is 11.5 Å². The molecule has 5 nitrogen and oxygen atoms in total. The van der Waals surface area contributed by atoms with Crippen LogP contribution in [-0.4, -0.2) is 31.8 Å². The molecular weight excluding hydrogens is 342 g/mol. The predicted octanol–water partition coefficient (Wildman–Crippen LogP) is 4.68. The number of nitrogens with one attached hydrogen (secondary N) is 1. The number of ether oxygens (including phenoxy) is 3. The van der Waals surface area contributed by atoms with Crippen LogP contribution >= 0.6 is 0 Å². The molecule has 144 valence electrons.